The average molecular weight is 401 g/mol. The molecule has 0 radical (unpaired) electrons. The number of nitrogens with one attached hydrogen (secondary N) is 2. The van der Waals surface area contributed by atoms with Crippen LogP contribution in [-0.2, 0) is 0 Å². The first kappa shape index (κ1) is 20.5. The number of aliphatic imine (C=N–C) groups is 1. The molecule has 6 heteroatoms. The largest absolute Gasteiger partial charge is 0.497 e. The van der Waals surface area contributed by atoms with Gasteiger partial charge in [0.2, 0.25) is 0 Å². The second-order valence-electron chi connectivity index (χ2n) is 7.36. The summed E-state index contributed by atoms with van der Waals surface area (Å²) in [6.07, 6.45) is 1.19. The zero-order chi connectivity index (χ0) is 19.8. The summed E-state index contributed by atoms with van der Waals surface area (Å²) in [6.45, 7) is 9.11. The molecule has 2 atom stereocenters. The third-order valence-corrected chi connectivity index (χ3v) is 5.94. The van der Waals surface area contributed by atoms with Crippen molar-refractivity contribution in [1.82, 2.24) is 10.6 Å². The number of methoxy groups -OCH3 is 1. The van der Waals surface area contributed by atoms with Crippen LogP contribution < -0.4 is 20.3 Å². The SMILES string of the molecule is CCNC(=NCC(C)c1ccsc1)NCC1CCN(c2cccc(OC)c2)C1. The first-order chi connectivity index (χ1) is 13.7. The maximum absolute atomic E-state index is 5.36. The average Bonchev–Trinajstić information content (AvgIpc) is 3.42. The number of anilines is 1. The van der Waals surface area contributed by atoms with Gasteiger partial charge in [-0.05, 0) is 53.8 Å². The van der Waals surface area contributed by atoms with Crippen LogP contribution in [0.1, 0.15) is 31.7 Å². The fourth-order valence-corrected chi connectivity index (χ4v) is 4.30. The molecule has 1 aliphatic rings. The Balaban J connectivity index is 1.50. The van der Waals surface area contributed by atoms with E-state index in [0.29, 0.717) is 11.8 Å². The molecule has 0 spiro atoms. The highest BCUT2D eigenvalue weighted by Crippen LogP contribution is 2.26. The number of nitrogens with zero attached hydrogens (tertiary/aromatic N) is 2. The van der Waals surface area contributed by atoms with Gasteiger partial charge in [-0.25, -0.2) is 0 Å². The summed E-state index contributed by atoms with van der Waals surface area (Å²) in [4.78, 5) is 7.24. The third kappa shape index (κ3) is 5.64. The molecule has 1 aliphatic heterocycles. The predicted molar refractivity (Wildman–Crippen MR) is 120 cm³/mol. The van der Waals surface area contributed by atoms with Gasteiger partial charge in [-0.15, -0.1) is 0 Å². The highest BCUT2D eigenvalue weighted by molar-refractivity contribution is 7.07. The molecule has 1 fully saturated rings. The molecule has 28 heavy (non-hydrogen) atoms. The fourth-order valence-electron chi connectivity index (χ4n) is 3.51. The van der Waals surface area contributed by atoms with Gasteiger partial charge in [0.25, 0.3) is 0 Å². The quantitative estimate of drug-likeness (QED) is 0.520. The molecular formula is C22H32N4OS. The minimum atomic E-state index is 0.441. The number of guanidine groups is 1. The standard InChI is InChI=1S/C22H32N4OS/c1-4-23-22(24-13-17(2)19-9-11-28-16-19)25-14-18-8-10-26(15-18)20-6-5-7-21(12-20)27-3/h5-7,9,11-12,16-18H,4,8,10,13-15H2,1-3H3,(H2,23,24,25). The molecule has 2 heterocycles. The second-order valence-corrected chi connectivity index (χ2v) is 8.14. The van der Waals surface area contributed by atoms with Gasteiger partial charge in [0.05, 0.1) is 7.11 Å². The number of benzene rings is 1. The molecule has 0 aliphatic carbocycles. The van der Waals surface area contributed by atoms with Crippen LogP contribution in [0.3, 0.4) is 0 Å². The van der Waals surface area contributed by atoms with E-state index in [1.54, 1.807) is 18.4 Å². The summed E-state index contributed by atoms with van der Waals surface area (Å²) in [5.74, 6) is 2.89. The minimum Gasteiger partial charge on any atom is -0.497 e. The van der Waals surface area contributed by atoms with Gasteiger partial charge in [-0.3, -0.25) is 4.99 Å². The normalized spacial score (nSPS) is 18.2. The highest BCUT2D eigenvalue weighted by atomic mass is 32.1. The molecule has 5 nitrogen and oxygen atoms in total. The number of rotatable bonds is 8. The predicted octanol–water partition coefficient (Wildman–Crippen LogP) is 3.94. The van der Waals surface area contributed by atoms with E-state index in [1.165, 1.54) is 17.7 Å². The Hall–Kier alpha value is -2.21. The second kappa shape index (κ2) is 10.4. The van der Waals surface area contributed by atoms with Crippen LogP contribution in [0, 0.1) is 5.92 Å². The number of hydrogen-bond acceptors (Lipinski definition) is 4. The van der Waals surface area contributed by atoms with Gasteiger partial charge in [0.15, 0.2) is 5.96 Å². The number of thiophene rings is 1. The molecule has 1 aromatic carbocycles. The molecule has 3 rings (SSSR count). The molecule has 0 amide bonds. The zero-order valence-electron chi connectivity index (χ0n) is 17.1. The van der Waals surface area contributed by atoms with Crippen LogP contribution in [0.4, 0.5) is 5.69 Å². The fraction of sp³-hybridized carbons (Fsp3) is 0.500. The Morgan fingerprint density at radius 3 is 3.00 bits per heavy atom. The van der Waals surface area contributed by atoms with E-state index in [1.807, 2.05) is 6.07 Å². The van der Waals surface area contributed by atoms with E-state index in [-0.39, 0.29) is 0 Å². The number of hydrogen-bond donors (Lipinski definition) is 2. The van der Waals surface area contributed by atoms with Gasteiger partial charge in [0.1, 0.15) is 5.75 Å². The van der Waals surface area contributed by atoms with Crippen LogP contribution in [0.2, 0.25) is 0 Å². The minimum absolute atomic E-state index is 0.441. The lowest BCUT2D eigenvalue weighted by Crippen LogP contribution is -2.40. The molecule has 2 N–H and O–H groups in total. The summed E-state index contributed by atoms with van der Waals surface area (Å²) in [5.41, 5.74) is 2.61. The van der Waals surface area contributed by atoms with Crippen molar-refractivity contribution in [2.75, 3.05) is 44.7 Å². The summed E-state index contributed by atoms with van der Waals surface area (Å²) >= 11 is 1.75. The molecule has 0 saturated carbocycles. The molecular weight excluding hydrogens is 368 g/mol. The van der Waals surface area contributed by atoms with Crippen LogP contribution in [-0.4, -0.2) is 45.8 Å². The Morgan fingerprint density at radius 2 is 2.25 bits per heavy atom. The van der Waals surface area contributed by atoms with E-state index in [9.17, 15) is 0 Å². The lowest BCUT2D eigenvalue weighted by Gasteiger charge is -2.20. The van der Waals surface area contributed by atoms with Crippen molar-refractivity contribution in [3.8, 4) is 5.75 Å². The van der Waals surface area contributed by atoms with Gasteiger partial charge in [-0.2, -0.15) is 11.3 Å². The smallest absolute Gasteiger partial charge is 0.191 e. The first-order valence-electron chi connectivity index (χ1n) is 10.1. The molecule has 1 saturated heterocycles. The van der Waals surface area contributed by atoms with Crippen LogP contribution in [0.5, 0.6) is 5.75 Å². The van der Waals surface area contributed by atoms with E-state index in [4.69, 9.17) is 9.73 Å². The van der Waals surface area contributed by atoms with Crippen molar-refractivity contribution in [1.29, 1.82) is 0 Å². The van der Waals surface area contributed by atoms with Crippen molar-refractivity contribution < 1.29 is 4.74 Å². The van der Waals surface area contributed by atoms with Gasteiger partial charge in [-0.1, -0.05) is 13.0 Å². The van der Waals surface area contributed by atoms with Gasteiger partial charge in [0, 0.05) is 50.4 Å². The van der Waals surface area contributed by atoms with Gasteiger partial charge >= 0.3 is 0 Å². The molecule has 2 unspecified atom stereocenters. The molecule has 0 bridgehead atoms. The number of ether oxygens (including phenoxy) is 1. The van der Waals surface area contributed by atoms with E-state index in [0.717, 1.165) is 44.4 Å². The monoisotopic (exact) mass is 400 g/mol. The maximum Gasteiger partial charge on any atom is 0.191 e. The Kier molecular flexibility index (Phi) is 7.60. The highest BCUT2D eigenvalue weighted by Gasteiger charge is 2.23. The van der Waals surface area contributed by atoms with E-state index in [2.05, 4.69) is 64.4 Å². The summed E-state index contributed by atoms with van der Waals surface area (Å²) in [7, 11) is 1.72. The van der Waals surface area contributed by atoms with Crippen molar-refractivity contribution in [2.45, 2.75) is 26.2 Å². The van der Waals surface area contributed by atoms with Gasteiger partial charge < -0.3 is 20.3 Å². The first-order valence-corrected chi connectivity index (χ1v) is 11.1. The van der Waals surface area contributed by atoms with E-state index >= 15 is 0 Å². The molecule has 152 valence electrons. The lowest BCUT2D eigenvalue weighted by molar-refractivity contribution is 0.415. The van der Waals surface area contributed by atoms with Crippen LogP contribution in [0.25, 0.3) is 0 Å². The molecule has 1 aromatic heterocycles. The summed E-state index contributed by atoms with van der Waals surface area (Å²) < 4.78 is 5.36. The van der Waals surface area contributed by atoms with Crippen LogP contribution in [0.15, 0.2) is 46.1 Å². The van der Waals surface area contributed by atoms with Crippen LogP contribution >= 0.6 is 11.3 Å². The van der Waals surface area contributed by atoms with Crippen molar-refractivity contribution >= 4 is 23.0 Å². The summed E-state index contributed by atoms with van der Waals surface area (Å²) in [5, 5.41) is 11.3. The summed E-state index contributed by atoms with van der Waals surface area (Å²) in [6, 6.07) is 10.5. The topological polar surface area (TPSA) is 48.9 Å². The Labute approximate surface area is 172 Å². The zero-order valence-corrected chi connectivity index (χ0v) is 18.0. The van der Waals surface area contributed by atoms with Crippen molar-refractivity contribution in [2.24, 2.45) is 10.9 Å². The Bertz CT molecular complexity index is 747. The third-order valence-electron chi connectivity index (χ3n) is 5.24. The molecule has 2 aromatic rings. The maximum atomic E-state index is 5.36. The van der Waals surface area contributed by atoms with Crippen molar-refractivity contribution in [3.05, 3.63) is 46.7 Å². The van der Waals surface area contributed by atoms with Crippen molar-refractivity contribution in [3.63, 3.8) is 0 Å². The Morgan fingerprint density at radius 1 is 1.36 bits per heavy atom. The van der Waals surface area contributed by atoms with E-state index < -0.39 is 0 Å². The lowest BCUT2D eigenvalue weighted by atomic mass is 10.1.